The first kappa shape index (κ1) is 18.6. The third kappa shape index (κ3) is 3.19. The number of carbonyl (C=O) groups is 1. The van der Waals surface area contributed by atoms with E-state index in [-0.39, 0.29) is 11.6 Å². The number of fused-ring (bicyclic) bond motifs is 2. The van der Waals surface area contributed by atoms with Gasteiger partial charge in [0, 0.05) is 17.0 Å². The minimum Gasteiger partial charge on any atom is -0.493 e. The van der Waals surface area contributed by atoms with Crippen LogP contribution in [0.1, 0.15) is 10.5 Å². The van der Waals surface area contributed by atoms with Crippen molar-refractivity contribution in [3.05, 3.63) is 60.6 Å². The molecule has 0 saturated carbocycles. The maximum atomic E-state index is 13.0. The van der Waals surface area contributed by atoms with Crippen molar-refractivity contribution in [2.45, 2.75) is 0 Å². The van der Waals surface area contributed by atoms with Gasteiger partial charge in [-0.15, -0.1) is 0 Å². The molecule has 0 spiro atoms. The molecular weight excluding hydrogens is 398 g/mol. The van der Waals surface area contributed by atoms with E-state index < -0.39 is 5.91 Å². The number of amides is 1. The lowest BCUT2D eigenvalue weighted by atomic mass is 10.1. The van der Waals surface area contributed by atoms with Crippen LogP contribution < -0.4 is 14.8 Å². The summed E-state index contributed by atoms with van der Waals surface area (Å²) in [5, 5.41) is 14.7. The zero-order chi connectivity index (χ0) is 21.4. The standard InChI is InChI=1S/C21H17N7O3/c1-30-16-8-7-12(9-17(16)31-2)15-10-18-22-11-23-28(18)21(24-15)25-20(29)19-13-5-3-4-6-14(13)26-27-19/h3-11H,1-2H3,(H,26,27)(H,24,25,29). The van der Waals surface area contributed by atoms with E-state index in [9.17, 15) is 4.79 Å². The van der Waals surface area contributed by atoms with Crippen molar-refractivity contribution in [1.29, 1.82) is 0 Å². The fourth-order valence-electron chi connectivity index (χ4n) is 3.35. The highest BCUT2D eigenvalue weighted by Crippen LogP contribution is 2.32. The fraction of sp³-hybridized carbons (Fsp3) is 0.0952. The number of methoxy groups -OCH3 is 2. The Kier molecular flexibility index (Phi) is 4.43. The van der Waals surface area contributed by atoms with Crippen LogP contribution in [0.25, 0.3) is 27.8 Å². The molecule has 0 saturated heterocycles. The van der Waals surface area contributed by atoms with E-state index in [1.54, 1.807) is 32.4 Å². The minimum absolute atomic E-state index is 0.219. The Morgan fingerprint density at radius 1 is 1.06 bits per heavy atom. The molecular formula is C21H17N7O3. The number of nitrogens with one attached hydrogen (secondary N) is 2. The van der Waals surface area contributed by atoms with Crippen molar-refractivity contribution >= 4 is 28.4 Å². The largest absolute Gasteiger partial charge is 0.493 e. The Balaban J connectivity index is 1.56. The van der Waals surface area contributed by atoms with E-state index in [0.29, 0.717) is 28.2 Å². The summed E-state index contributed by atoms with van der Waals surface area (Å²) in [5.74, 6) is 0.980. The molecule has 154 valence electrons. The number of hydrogen-bond donors (Lipinski definition) is 2. The van der Waals surface area contributed by atoms with Crippen LogP contribution in [0, 0.1) is 0 Å². The Hall–Kier alpha value is -4.47. The molecule has 0 aliphatic rings. The van der Waals surface area contributed by atoms with E-state index in [2.05, 4.69) is 30.6 Å². The lowest BCUT2D eigenvalue weighted by Gasteiger charge is -2.11. The molecule has 0 aliphatic heterocycles. The normalized spacial score (nSPS) is 11.0. The van der Waals surface area contributed by atoms with E-state index >= 15 is 0 Å². The van der Waals surface area contributed by atoms with Gasteiger partial charge in [-0.2, -0.15) is 14.7 Å². The number of ether oxygens (including phenoxy) is 2. The highest BCUT2D eigenvalue weighted by atomic mass is 16.5. The monoisotopic (exact) mass is 415 g/mol. The van der Waals surface area contributed by atoms with Gasteiger partial charge in [0.25, 0.3) is 5.91 Å². The first-order valence-electron chi connectivity index (χ1n) is 9.35. The zero-order valence-electron chi connectivity index (χ0n) is 16.7. The molecule has 3 heterocycles. The van der Waals surface area contributed by atoms with Crippen LogP contribution in [-0.4, -0.2) is 49.9 Å². The average molecular weight is 415 g/mol. The van der Waals surface area contributed by atoms with Gasteiger partial charge in [0.05, 0.1) is 25.4 Å². The number of aromatic amines is 1. The quantitative estimate of drug-likeness (QED) is 0.453. The lowest BCUT2D eigenvalue weighted by Crippen LogP contribution is -2.17. The van der Waals surface area contributed by atoms with Gasteiger partial charge in [0.1, 0.15) is 6.33 Å². The van der Waals surface area contributed by atoms with Gasteiger partial charge >= 0.3 is 0 Å². The van der Waals surface area contributed by atoms with Gasteiger partial charge < -0.3 is 9.47 Å². The predicted molar refractivity (Wildman–Crippen MR) is 113 cm³/mol. The molecule has 10 heteroatoms. The van der Waals surface area contributed by atoms with E-state index in [0.717, 1.165) is 11.1 Å². The Morgan fingerprint density at radius 2 is 1.90 bits per heavy atom. The molecule has 0 aliphatic carbocycles. The number of carbonyl (C=O) groups excluding carboxylic acids is 1. The summed E-state index contributed by atoms with van der Waals surface area (Å²) >= 11 is 0. The molecule has 0 atom stereocenters. The highest BCUT2D eigenvalue weighted by Gasteiger charge is 2.18. The second-order valence-corrected chi connectivity index (χ2v) is 6.64. The molecule has 3 aromatic heterocycles. The van der Waals surface area contributed by atoms with Gasteiger partial charge in [-0.3, -0.25) is 15.2 Å². The molecule has 2 aromatic carbocycles. The zero-order valence-corrected chi connectivity index (χ0v) is 16.7. The van der Waals surface area contributed by atoms with Crippen LogP contribution in [-0.2, 0) is 0 Å². The van der Waals surface area contributed by atoms with Crippen LogP contribution in [0.2, 0.25) is 0 Å². The first-order chi connectivity index (χ1) is 15.2. The molecule has 31 heavy (non-hydrogen) atoms. The average Bonchev–Trinajstić information content (AvgIpc) is 3.45. The number of para-hydroxylation sites is 1. The van der Waals surface area contributed by atoms with Gasteiger partial charge in [-0.05, 0) is 24.3 Å². The van der Waals surface area contributed by atoms with Crippen molar-refractivity contribution in [1.82, 2.24) is 29.8 Å². The maximum absolute atomic E-state index is 13.0. The van der Waals surface area contributed by atoms with Gasteiger partial charge in [-0.25, -0.2) is 9.97 Å². The molecule has 5 aromatic rings. The van der Waals surface area contributed by atoms with Gasteiger partial charge in [0.2, 0.25) is 5.95 Å². The topological polar surface area (TPSA) is 119 Å². The first-order valence-corrected chi connectivity index (χ1v) is 9.35. The second-order valence-electron chi connectivity index (χ2n) is 6.64. The van der Waals surface area contributed by atoms with E-state index in [1.807, 2.05) is 30.3 Å². The van der Waals surface area contributed by atoms with Gasteiger partial charge in [-0.1, -0.05) is 18.2 Å². The molecule has 2 N–H and O–H groups in total. The summed E-state index contributed by atoms with van der Waals surface area (Å²) in [5.41, 5.74) is 2.92. The third-order valence-corrected chi connectivity index (χ3v) is 4.86. The van der Waals surface area contributed by atoms with Crippen LogP contribution in [0.5, 0.6) is 11.5 Å². The minimum atomic E-state index is -0.411. The number of rotatable bonds is 5. The predicted octanol–water partition coefficient (Wildman–Crippen LogP) is 2.94. The van der Waals surface area contributed by atoms with Gasteiger partial charge in [0.15, 0.2) is 22.8 Å². The summed E-state index contributed by atoms with van der Waals surface area (Å²) in [6.07, 6.45) is 1.40. The van der Waals surface area contributed by atoms with E-state index in [1.165, 1.54) is 10.8 Å². The molecule has 0 radical (unpaired) electrons. The summed E-state index contributed by atoms with van der Waals surface area (Å²) in [7, 11) is 3.14. The Bertz CT molecular complexity index is 1420. The molecule has 10 nitrogen and oxygen atoms in total. The van der Waals surface area contributed by atoms with Crippen molar-refractivity contribution in [3.8, 4) is 22.8 Å². The molecule has 5 rings (SSSR count). The molecule has 0 bridgehead atoms. The fourth-order valence-corrected chi connectivity index (χ4v) is 3.35. The highest BCUT2D eigenvalue weighted by molar-refractivity contribution is 6.10. The van der Waals surface area contributed by atoms with Crippen LogP contribution in [0.15, 0.2) is 54.9 Å². The summed E-state index contributed by atoms with van der Waals surface area (Å²) in [6.45, 7) is 0. The van der Waals surface area contributed by atoms with Crippen LogP contribution >= 0.6 is 0 Å². The molecule has 0 unspecified atom stereocenters. The van der Waals surface area contributed by atoms with Crippen molar-refractivity contribution in [2.24, 2.45) is 0 Å². The smallest absolute Gasteiger partial charge is 0.279 e. The number of anilines is 1. The number of aromatic nitrogens is 6. The number of benzene rings is 2. The Labute approximate surface area is 175 Å². The second kappa shape index (κ2) is 7.41. The Morgan fingerprint density at radius 3 is 2.74 bits per heavy atom. The number of hydrogen-bond acceptors (Lipinski definition) is 7. The van der Waals surface area contributed by atoms with Crippen LogP contribution in [0.3, 0.4) is 0 Å². The maximum Gasteiger partial charge on any atom is 0.279 e. The van der Waals surface area contributed by atoms with Crippen molar-refractivity contribution in [2.75, 3.05) is 19.5 Å². The SMILES string of the molecule is COc1ccc(-c2cc3ncnn3c(NC(=O)c3n[nH]c4ccccc34)n2)cc1OC. The molecule has 1 amide bonds. The lowest BCUT2D eigenvalue weighted by molar-refractivity contribution is 0.102. The summed E-state index contributed by atoms with van der Waals surface area (Å²) < 4.78 is 12.1. The number of nitrogens with zero attached hydrogens (tertiary/aromatic N) is 5. The molecule has 0 fully saturated rings. The van der Waals surface area contributed by atoms with Crippen LogP contribution in [0.4, 0.5) is 5.95 Å². The van der Waals surface area contributed by atoms with Crippen molar-refractivity contribution < 1.29 is 14.3 Å². The summed E-state index contributed by atoms with van der Waals surface area (Å²) in [4.78, 5) is 21.8. The number of H-pyrrole nitrogens is 1. The summed E-state index contributed by atoms with van der Waals surface area (Å²) in [6, 6.07) is 14.6. The van der Waals surface area contributed by atoms with E-state index in [4.69, 9.17) is 9.47 Å². The third-order valence-electron chi connectivity index (χ3n) is 4.86. The van der Waals surface area contributed by atoms with Crippen molar-refractivity contribution in [3.63, 3.8) is 0 Å².